The highest BCUT2D eigenvalue weighted by atomic mass is 32.1. The van der Waals surface area contributed by atoms with E-state index in [1.165, 1.54) is 16.0 Å². The molecule has 0 spiro atoms. The van der Waals surface area contributed by atoms with Crippen molar-refractivity contribution in [2.75, 3.05) is 0 Å². The van der Waals surface area contributed by atoms with E-state index in [-0.39, 0.29) is 0 Å². The van der Waals surface area contributed by atoms with Crippen LogP contribution in [0.15, 0.2) is 48.4 Å². The average Bonchev–Trinajstić information content (AvgIpc) is 2.71. The first-order chi connectivity index (χ1) is 7.27. The molecule has 0 aliphatic carbocycles. The van der Waals surface area contributed by atoms with Crippen molar-refractivity contribution in [3.63, 3.8) is 0 Å². The molecular weight excluding hydrogens is 200 g/mol. The summed E-state index contributed by atoms with van der Waals surface area (Å²) in [5.74, 6) is 0. The smallest absolute Gasteiger partial charge is 0.00892 e. The number of hydrogen-bond acceptors (Lipinski definition) is 1. The number of rotatable bonds is 3. The van der Waals surface area contributed by atoms with Crippen LogP contribution < -0.4 is 0 Å². The Bertz CT molecular complexity index is 452. The Kier molecular flexibility index (Phi) is 3.02. The molecule has 0 nitrogen and oxygen atoms in total. The van der Waals surface area contributed by atoms with Gasteiger partial charge >= 0.3 is 0 Å². The van der Waals surface area contributed by atoms with E-state index in [1.807, 2.05) is 11.3 Å². The Morgan fingerprint density at radius 1 is 1.20 bits per heavy atom. The van der Waals surface area contributed by atoms with Crippen LogP contribution in [0.4, 0.5) is 0 Å². The van der Waals surface area contributed by atoms with Gasteiger partial charge in [0.05, 0.1) is 0 Å². The number of benzene rings is 1. The molecule has 76 valence electrons. The quantitative estimate of drug-likeness (QED) is 0.711. The monoisotopic (exact) mass is 214 g/mol. The molecule has 0 aliphatic heterocycles. The van der Waals surface area contributed by atoms with Crippen LogP contribution in [-0.4, -0.2) is 0 Å². The van der Waals surface area contributed by atoms with Crippen LogP contribution in [-0.2, 0) is 6.42 Å². The molecule has 0 radical (unpaired) electrons. The topological polar surface area (TPSA) is 0 Å². The molecule has 1 heteroatoms. The van der Waals surface area contributed by atoms with Gasteiger partial charge in [0.25, 0.3) is 0 Å². The third-order valence-corrected chi connectivity index (χ3v) is 3.30. The largest absolute Gasteiger partial charge is 0.149 e. The molecular formula is C14H14S. The summed E-state index contributed by atoms with van der Waals surface area (Å²) in [6.45, 7) is 6.08. The normalized spacial score (nSPS) is 10.2. The fourth-order valence-electron chi connectivity index (χ4n) is 1.69. The Labute approximate surface area is 94.9 Å². The molecule has 0 bridgehead atoms. The lowest BCUT2D eigenvalue weighted by Gasteiger charge is -2.07. The predicted molar refractivity (Wildman–Crippen MR) is 68.3 cm³/mol. The van der Waals surface area contributed by atoms with Gasteiger partial charge < -0.3 is 0 Å². The first-order valence-corrected chi connectivity index (χ1v) is 5.91. The Balaban J connectivity index is 2.32. The molecule has 2 aromatic rings. The van der Waals surface area contributed by atoms with Crippen molar-refractivity contribution in [3.8, 4) is 0 Å². The van der Waals surface area contributed by atoms with Crippen molar-refractivity contribution in [1.29, 1.82) is 0 Å². The minimum absolute atomic E-state index is 1.01. The van der Waals surface area contributed by atoms with Crippen LogP contribution in [0.3, 0.4) is 0 Å². The lowest BCUT2D eigenvalue weighted by Crippen LogP contribution is -1.91. The highest BCUT2D eigenvalue weighted by Crippen LogP contribution is 2.22. The second kappa shape index (κ2) is 4.45. The molecule has 2 rings (SSSR count). The van der Waals surface area contributed by atoms with E-state index in [9.17, 15) is 0 Å². The van der Waals surface area contributed by atoms with Crippen molar-refractivity contribution in [3.05, 3.63) is 64.4 Å². The first kappa shape index (κ1) is 10.2. The Hall–Kier alpha value is -1.34. The molecule has 0 unspecified atom stereocenters. The van der Waals surface area contributed by atoms with E-state index >= 15 is 0 Å². The fourth-order valence-corrected chi connectivity index (χ4v) is 2.42. The van der Waals surface area contributed by atoms with Gasteiger partial charge in [-0.1, -0.05) is 42.5 Å². The van der Waals surface area contributed by atoms with Gasteiger partial charge in [-0.05, 0) is 29.5 Å². The van der Waals surface area contributed by atoms with E-state index in [1.54, 1.807) is 0 Å². The molecule has 0 saturated heterocycles. The molecule has 0 aliphatic rings. The maximum Gasteiger partial charge on any atom is 0.00892 e. The van der Waals surface area contributed by atoms with Gasteiger partial charge in [-0.25, -0.2) is 0 Å². The second-order valence-electron chi connectivity index (χ2n) is 3.69. The molecule has 15 heavy (non-hydrogen) atoms. The lowest BCUT2D eigenvalue weighted by atomic mass is 9.99. The van der Waals surface area contributed by atoms with E-state index in [0.29, 0.717) is 0 Å². The first-order valence-electron chi connectivity index (χ1n) is 5.03. The minimum atomic E-state index is 1.01. The molecule has 1 aromatic heterocycles. The predicted octanol–water partition coefficient (Wildman–Crippen LogP) is 4.37. The summed E-state index contributed by atoms with van der Waals surface area (Å²) < 4.78 is 0. The second-order valence-corrected chi connectivity index (χ2v) is 4.73. The lowest BCUT2D eigenvalue weighted by molar-refractivity contribution is 1.22. The highest BCUT2D eigenvalue weighted by molar-refractivity contribution is 7.09. The summed E-state index contributed by atoms with van der Waals surface area (Å²) in [6.07, 6.45) is 1.01. The third-order valence-electron chi connectivity index (χ3n) is 2.42. The van der Waals surface area contributed by atoms with Crippen molar-refractivity contribution in [1.82, 2.24) is 0 Å². The van der Waals surface area contributed by atoms with Gasteiger partial charge in [0.2, 0.25) is 0 Å². The SMILES string of the molecule is C=C(C)c1ccccc1Cc1cccs1. The van der Waals surface area contributed by atoms with Gasteiger partial charge in [0.15, 0.2) is 0 Å². The maximum atomic E-state index is 4.02. The Morgan fingerprint density at radius 3 is 2.67 bits per heavy atom. The van der Waals surface area contributed by atoms with E-state index in [2.05, 4.69) is 55.3 Å². The van der Waals surface area contributed by atoms with E-state index < -0.39 is 0 Å². The summed E-state index contributed by atoms with van der Waals surface area (Å²) in [5, 5.41) is 2.12. The van der Waals surface area contributed by atoms with E-state index in [0.717, 1.165) is 12.0 Å². The van der Waals surface area contributed by atoms with E-state index in [4.69, 9.17) is 0 Å². The third kappa shape index (κ3) is 2.37. The molecule has 1 aromatic carbocycles. The summed E-state index contributed by atoms with van der Waals surface area (Å²) >= 11 is 1.81. The van der Waals surface area contributed by atoms with Crippen molar-refractivity contribution >= 4 is 16.9 Å². The number of thiophene rings is 1. The number of hydrogen-bond donors (Lipinski definition) is 0. The molecule has 0 N–H and O–H groups in total. The van der Waals surface area contributed by atoms with Crippen LogP contribution >= 0.6 is 11.3 Å². The van der Waals surface area contributed by atoms with Crippen LogP contribution in [0.1, 0.15) is 22.9 Å². The molecule has 1 heterocycles. The van der Waals surface area contributed by atoms with Crippen LogP contribution in [0, 0.1) is 0 Å². The Morgan fingerprint density at radius 2 is 2.00 bits per heavy atom. The molecule has 0 amide bonds. The van der Waals surface area contributed by atoms with Gasteiger partial charge in [-0.15, -0.1) is 11.3 Å². The maximum absolute atomic E-state index is 4.02. The zero-order valence-corrected chi connectivity index (χ0v) is 9.68. The van der Waals surface area contributed by atoms with Crippen LogP contribution in [0.2, 0.25) is 0 Å². The summed E-state index contributed by atoms with van der Waals surface area (Å²) in [4.78, 5) is 1.41. The summed E-state index contributed by atoms with van der Waals surface area (Å²) in [7, 11) is 0. The zero-order chi connectivity index (χ0) is 10.7. The van der Waals surface area contributed by atoms with Gasteiger partial charge in [-0.3, -0.25) is 0 Å². The highest BCUT2D eigenvalue weighted by Gasteiger charge is 2.03. The van der Waals surface area contributed by atoms with Gasteiger partial charge in [0.1, 0.15) is 0 Å². The van der Waals surface area contributed by atoms with Gasteiger partial charge in [-0.2, -0.15) is 0 Å². The summed E-state index contributed by atoms with van der Waals surface area (Å²) in [5.41, 5.74) is 3.79. The standard InChI is InChI=1S/C14H14S/c1-11(2)14-8-4-3-6-12(14)10-13-7-5-9-15-13/h3-9H,1,10H2,2H3. The van der Waals surface area contributed by atoms with Crippen LogP contribution in [0.5, 0.6) is 0 Å². The number of allylic oxidation sites excluding steroid dienone is 1. The zero-order valence-electron chi connectivity index (χ0n) is 8.86. The van der Waals surface area contributed by atoms with Crippen molar-refractivity contribution < 1.29 is 0 Å². The van der Waals surface area contributed by atoms with Crippen LogP contribution in [0.25, 0.3) is 5.57 Å². The minimum Gasteiger partial charge on any atom is -0.149 e. The average molecular weight is 214 g/mol. The molecule has 0 saturated carbocycles. The van der Waals surface area contributed by atoms with Gasteiger partial charge in [0, 0.05) is 11.3 Å². The molecule has 0 fully saturated rings. The fraction of sp³-hybridized carbons (Fsp3) is 0.143. The molecule has 0 atom stereocenters. The van der Waals surface area contributed by atoms with Crippen molar-refractivity contribution in [2.24, 2.45) is 0 Å². The van der Waals surface area contributed by atoms with Crippen molar-refractivity contribution in [2.45, 2.75) is 13.3 Å². The summed E-state index contributed by atoms with van der Waals surface area (Å²) in [6, 6.07) is 12.8.